The third-order valence-electron chi connectivity index (χ3n) is 3.98. The number of morpholine rings is 1. The highest BCUT2D eigenvalue weighted by Crippen LogP contribution is 2.24. The molecule has 5 heteroatoms. The summed E-state index contributed by atoms with van der Waals surface area (Å²) < 4.78 is 5.79. The molecule has 1 aromatic rings. The Hall–Kier alpha value is -1.10. The van der Waals surface area contributed by atoms with Crippen LogP contribution in [-0.4, -0.2) is 43.1 Å². The van der Waals surface area contributed by atoms with Gasteiger partial charge in [0.25, 0.3) is 0 Å². The number of carbonyl (C=O) groups is 1. The van der Waals surface area contributed by atoms with Crippen molar-refractivity contribution >= 4 is 17.5 Å². The van der Waals surface area contributed by atoms with Crippen LogP contribution in [0.3, 0.4) is 0 Å². The van der Waals surface area contributed by atoms with Gasteiger partial charge in [0.1, 0.15) is 6.10 Å². The molecular formula is C15H19ClN2O2. The van der Waals surface area contributed by atoms with Gasteiger partial charge in [0, 0.05) is 11.6 Å². The Morgan fingerprint density at radius 2 is 2.15 bits per heavy atom. The van der Waals surface area contributed by atoms with Crippen LogP contribution in [0.15, 0.2) is 24.3 Å². The maximum Gasteiger partial charge on any atom is 0.239 e. The lowest BCUT2D eigenvalue weighted by molar-refractivity contribution is -0.140. The molecule has 2 heterocycles. The minimum Gasteiger partial charge on any atom is -0.370 e. The van der Waals surface area contributed by atoms with Crippen LogP contribution in [0.1, 0.15) is 24.5 Å². The van der Waals surface area contributed by atoms with Crippen LogP contribution < -0.4 is 5.32 Å². The van der Waals surface area contributed by atoms with Crippen molar-refractivity contribution in [2.24, 2.45) is 0 Å². The monoisotopic (exact) mass is 294 g/mol. The number of carbonyl (C=O) groups excluding carboxylic acids is 1. The smallest absolute Gasteiger partial charge is 0.239 e. The Morgan fingerprint density at radius 3 is 2.85 bits per heavy atom. The van der Waals surface area contributed by atoms with Gasteiger partial charge < -0.3 is 15.0 Å². The summed E-state index contributed by atoms with van der Waals surface area (Å²) in [6.07, 6.45) is 1.98. The van der Waals surface area contributed by atoms with Gasteiger partial charge in [-0.15, -0.1) is 0 Å². The first kappa shape index (κ1) is 13.9. The van der Waals surface area contributed by atoms with Crippen molar-refractivity contribution in [2.45, 2.75) is 25.0 Å². The number of ether oxygens (including phenoxy) is 1. The van der Waals surface area contributed by atoms with Crippen LogP contribution in [0.2, 0.25) is 5.02 Å². The zero-order chi connectivity index (χ0) is 13.9. The second kappa shape index (κ2) is 6.12. The average molecular weight is 295 g/mol. The summed E-state index contributed by atoms with van der Waals surface area (Å²) in [6.45, 7) is 2.84. The molecule has 1 amide bonds. The Kier molecular flexibility index (Phi) is 4.24. The van der Waals surface area contributed by atoms with Gasteiger partial charge in [-0.2, -0.15) is 0 Å². The van der Waals surface area contributed by atoms with Crippen molar-refractivity contribution in [2.75, 3.05) is 26.2 Å². The molecule has 0 aliphatic carbocycles. The lowest BCUT2D eigenvalue weighted by Crippen LogP contribution is -2.49. The number of nitrogens with one attached hydrogen (secondary N) is 1. The highest BCUT2D eigenvalue weighted by molar-refractivity contribution is 6.30. The van der Waals surface area contributed by atoms with E-state index in [0.29, 0.717) is 24.7 Å². The van der Waals surface area contributed by atoms with Gasteiger partial charge in [-0.3, -0.25) is 4.79 Å². The predicted molar refractivity (Wildman–Crippen MR) is 77.7 cm³/mol. The zero-order valence-corrected chi connectivity index (χ0v) is 12.1. The van der Waals surface area contributed by atoms with Crippen LogP contribution in [0, 0.1) is 0 Å². The van der Waals surface area contributed by atoms with Gasteiger partial charge in [-0.05, 0) is 37.1 Å². The molecule has 1 N–H and O–H groups in total. The minimum absolute atomic E-state index is 0.000956. The number of benzene rings is 1. The van der Waals surface area contributed by atoms with Gasteiger partial charge >= 0.3 is 0 Å². The van der Waals surface area contributed by atoms with Crippen LogP contribution in [0.5, 0.6) is 0 Å². The molecule has 4 nitrogen and oxygen atoms in total. The number of halogens is 1. The molecule has 2 atom stereocenters. The topological polar surface area (TPSA) is 41.6 Å². The van der Waals surface area contributed by atoms with E-state index in [2.05, 4.69) is 5.32 Å². The fourth-order valence-electron chi connectivity index (χ4n) is 2.84. The summed E-state index contributed by atoms with van der Waals surface area (Å²) in [4.78, 5) is 14.3. The second-order valence-electron chi connectivity index (χ2n) is 5.34. The first-order valence-corrected chi connectivity index (χ1v) is 7.51. The number of hydrogen-bond acceptors (Lipinski definition) is 3. The van der Waals surface area contributed by atoms with E-state index in [4.69, 9.17) is 16.3 Å². The lowest BCUT2D eigenvalue weighted by Gasteiger charge is -2.34. The molecular weight excluding hydrogens is 276 g/mol. The molecule has 0 bridgehead atoms. The molecule has 20 heavy (non-hydrogen) atoms. The van der Waals surface area contributed by atoms with E-state index < -0.39 is 0 Å². The highest BCUT2D eigenvalue weighted by atomic mass is 35.5. The third-order valence-corrected chi connectivity index (χ3v) is 4.23. The molecule has 0 aromatic heterocycles. The molecule has 0 saturated carbocycles. The maximum absolute atomic E-state index is 12.4. The lowest BCUT2D eigenvalue weighted by atomic mass is 10.1. The van der Waals surface area contributed by atoms with Crippen LogP contribution >= 0.6 is 11.6 Å². The van der Waals surface area contributed by atoms with Crippen molar-refractivity contribution in [3.05, 3.63) is 34.9 Å². The maximum atomic E-state index is 12.4. The Balaban J connectivity index is 1.66. The molecule has 2 fully saturated rings. The van der Waals surface area contributed by atoms with E-state index in [-0.39, 0.29) is 18.1 Å². The van der Waals surface area contributed by atoms with Gasteiger partial charge in [0.05, 0.1) is 19.2 Å². The third kappa shape index (κ3) is 2.97. The van der Waals surface area contributed by atoms with E-state index in [0.717, 1.165) is 24.9 Å². The first-order chi connectivity index (χ1) is 9.74. The number of amides is 1. The normalized spacial score (nSPS) is 26.8. The Labute approximate surface area is 124 Å². The molecule has 108 valence electrons. The van der Waals surface area contributed by atoms with Crippen molar-refractivity contribution in [3.8, 4) is 0 Å². The molecule has 0 spiro atoms. The summed E-state index contributed by atoms with van der Waals surface area (Å²) in [7, 11) is 0. The standard InChI is InChI=1S/C15H19ClN2O2/c16-12-5-3-11(4-6-12)14-10-18(8-9-20-14)15(19)13-2-1-7-17-13/h3-6,13-14,17H,1-2,7-10H2. The molecule has 2 saturated heterocycles. The van der Waals surface area contributed by atoms with E-state index >= 15 is 0 Å². The van der Waals surface area contributed by atoms with Crippen molar-refractivity contribution < 1.29 is 9.53 Å². The molecule has 2 aliphatic rings. The average Bonchev–Trinajstić information content (AvgIpc) is 3.01. The quantitative estimate of drug-likeness (QED) is 0.907. The van der Waals surface area contributed by atoms with E-state index in [1.807, 2.05) is 29.2 Å². The fourth-order valence-corrected chi connectivity index (χ4v) is 2.97. The summed E-state index contributed by atoms with van der Waals surface area (Å²) in [5.41, 5.74) is 1.08. The summed E-state index contributed by atoms with van der Waals surface area (Å²) >= 11 is 5.90. The van der Waals surface area contributed by atoms with E-state index in [1.165, 1.54) is 0 Å². The second-order valence-corrected chi connectivity index (χ2v) is 5.78. The zero-order valence-electron chi connectivity index (χ0n) is 11.3. The summed E-state index contributed by atoms with van der Waals surface area (Å²) in [6, 6.07) is 7.65. The molecule has 0 radical (unpaired) electrons. The highest BCUT2D eigenvalue weighted by Gasteiger charge is 2.31. The summed E-state index contributed by atoms with van der Waals surface area (Å²) in [5, 5.41) is 3.98. The van der Waals surface area contributed by atoms with E-state index in [1.54, 1.807) is 0 Å². The molecule has 2 unspecified atom stereocenters. The van der Waals surface area contributed by atoms with Crippen LogP contribution in [-0.2, 0) is 9.53 Å². The largest absolute Gasteiger partial charge is 0.370 e. The molecule has 3 rings (SSSR count). The summed E-state index contributed by atoms with van der Waals surface area (Å²) in [5.74, 6) is 0.213. The Morgan fingerprint density at radius 1 is 1.35 bits per heavy atom. The van der Waals surface area contributed by atoms with Gasteiger partial charge in [-0.1, -0.05) is 23.7 Å². The number of nitrogens with zero attached hydrogens (tertiary/aromatic N) is 1. The van der Waals surface area contributed by atoms with Gasteiger partial charge in [0.15, 0.2) is 0 Å². The molecule has 2 aliphatic heterocycles. The van der Waals surface area contributed by atoms with Crippen LogP contribution in [0.25, 0.3) is 0 Å². The first-order valence-electron chi connectivity index (χ1n) is 7.13. The predicted octanol–water partition coefficient (Wildman–Crippen LogP) is 1.99. The molecule has 1 aromatic carbocycles. The van der Waals surface area contributed by atoms with Gasteiger partial charge in [-0.25, -0.2) is 0 Å². The van der Waals surface area contributed by atoms with E-state index in [9.17, 15) is 4.79 Å². The minimum atomic E-state index is -0.0497. The SMILES string of the molecule is O=C(C1CCCN1)N1CCOC(c2ccc(Cl)cc2)C1. The van der Waals surface area contributed by atoms with Crippen molar-refractivity contribution in [1.29, 1.82) is 0 Å². The number of rotatable bonds is 2. The number of hydrogen-bond donors (Lipinski definition) is 1. The van der Waals surface area contributed by atoms with Gasteiger partial charge in [0.2, 0.25) is 5.91 Å². The van der Waals surface area contributed by atoms with Crippen LogP contribution in [0.4, 0.5) is 0 Å². The Bertz CT molecular complexity index is 471. The van der Waals surface area contributed by atoms with Crippen molar-refractivity contribution in [1.82, 2.24) is 10.2 Å². The fraction of sp³-hybridized carbons (Fsp3) is 0.533. The van der Waals surface area contributed by atoms with Crippen molar-refractivity contribution in [3.63, 3.8) is 0 Å².